The molecule has 0 aliphatic heterocycles. The zero-order valence-electron chi connectivity index (χ0n) is 13.8. The summed E-state index contributed by atoms with van der Waals surface area (Å²) in [6.45, 7) is 0.791. The van der Waals surface area contributed by atoms with Crippen LogP contribution in [0.25, 0.3) is 22.2 Å². The van der Waals surface area contributed by atoms with Crippen LogP contribution in [-0.2, 0) is 6.42 Å². The van der Waals surface area contributed by atoms with Crippen LogP contribution in [0, 0.1) is 0 Å². The number of benzene rings is 2. The molecule has 0 radical (unpaired) electrons. The number of fused-ring (bicyclic) bond motifs is 1. The van der Waals surface area contributed by atoms with Gasteiger partial charge in [0.25, 0.3) is 0 Å². The molecule has 3 rings (SSSR count). The van der Waals surface area contributed by atoms with Gasteiger partial charge < -0.3 is 5.73 Å². The Morgan fingerprint density at radius 2 is 1.62 bits per heavy atom. The lowest BCUT2D eigenvalue weighted by atomic mass is 9.99. The van der Waals surface area contributed by atoms with Gasteiger partial charge in [-0.25, -0.2) is 4.98 Å². The summed E-state index contributed by atoms with van der Waals surface area (Å²) in [6.07, 6.45) is 5.82. The van der Waals surface area contributed by atoms with Gasteiger partial charge in [-0.15, -0.1) is 0 Å². The molecule has 0 atom stereocenters. The molecule has 3 heteroatoms. The summed E-state index contributed by atoms with van der Waals surface area (Å²) in [5.41, 5.74) is 10.1. The van der Waals surface area contributed by atoms with Gasteiger partial charge in [-0.1, -0.05) is 54.8 Å². The number of aryl methyl sites for hydroxylation is 1. The number of nitrogens with two attached hydrogens (primary N) is 1. The van der Waals surface area contributed by atoms with Crippen LogP contribution in [0.5, 0.6) is 0 Å². The van der Waals surface area contributed by atoms with Crippen LogP contribution in [0.3, 0.4) is 0 Å². The van der Waals surface area contributed by atoms with Gasteiger partial charge in [-0.2, -0.15) is 0 Å². The molecular formula is C21H23ClN2. The molecule has 0 amide bonds. The molecule has 24 heavy (non-hydrogen) atoms. The highest BCUT2D eigenvalue weighted by Crippen LogP contribution is 2.27. The predicted molar refractivity (Wildman–Crippen MR) is 103 cm³/mol. The summed E-state index contributed by atoms with van der Waals surface area (Å²) in [4.78, 5) is 4.83. The smallest absolute Gasteiger partial charge is 0.0712 e. The third kappa shape index (κ3) is 4.14. The topological polar surface area (TPSA) is 38.9 Å². The molecule has 2 nitrogen and oxygen atoms in total. The maximum atomic E-state index is 6.01. The SMILES string of the molecule is NCCCCCCc1cc(-c2ccc(Cl)cc2)nc2ccccc12. The van der Waals surface area contributed by atoms with E-state index >= 15 is 0 Å². The van der Waals surface area contributed by atoms with Gasteiger partial charge in [0.15, 0.2) is 0 Å². The molecule has 2 N–H and O–H groups in total. The van der Waals surface area contributed by atoms with Crippen molar-refractivity contribution in [2.75, 3.05) is 6.54 Å². The Bertz CT molecular complexity index is 797. The van der Waals surface area contributed by atoms with Crippen molar-refractivity contribution < 1.29 is 0 Å². The van der Waals surface area contributed by atoms with Crippen molar-refractivity contribution in [2.24, 2.45) is 5.73 Å². The lowest BCUT2D eigenvalue weighted by Gasteiger charge is -2.10. The minimum atomic E-state index is 0.750. The molecule has 0 unspecified atom stereocenters. The number of nitrogens with zero attached hydrogens (tertiary/aromatic N) is 1. The summed E-state index contributed by atoms with van der Waals surface area (Å²) in [6, 6.07) is 18.5. The van der Waals surface area contributed by atoms with Gasteiger partial charge >= 0.3 is 0 Å². The number of rotatable bonds is 7. The predicted octanol–water partition coefficient (Wildman–Crippen LogP) is 5.62. The Balaban J connectivity index is 1.89. The number of pyridine rings is 1. The molecule has 0 fully saturated rings. The summed E-state index contributed by atoms with van der Waals surface area (Å²) in [7, 11) is 0. The Hall–Kier alpha value is -1.90. The molecule has 3 aromatic rings. The Morgan fingerprint density at radius 3 is 2.42 bits per heavy atom. The van der Waals surface area contributed by atoms with Gasteiger partial charge in [0.2, 0.25) is 0 Å². The fourth-order valence-electron chi connectivity index (χ4n) is 3.04. The van der Waals surface area contributed by atoms with Crippen molar-refractivity contribution in [2.45, 2.75) is 32.1 Å². The lowest BCUT2D eigenvalue weighted by Crippen LogP contribution is -1.98. The molecule has 0 spiro atoms. The highest BCUT2D eigenvalue weighted by atomic mass is 35.5. The molecule has 124 valence electrons. The van der Waals surface area contributed by atoms with E-state index < -0.39 is 0 Å². The Kier molecular flexibility index (Phi) is 5.84. The normalized spacial score (nSPS) is 11.1. The van der Waals surface area contributed by atoms with E-state index in [0.717, 1.165) is 41.2 Å². The maximum Gasteiger partial charge on any atom is 0.0712 e. The monoisotopic (exact) mass is 338 g/mol. The molecule has 1 heterocycles. The fourth-order valence-corrected chi connectivity index (χ4v) is 3.16. The van der Waals surface area contributed by atoms with Gasteiger partial charge in [0.05, 0.1) is 11.2 Å². The van der Waals surface area contributed by atoms with E-state index in [4.69, 9.17) is 22.3 Å². The van der Waals surface area contributed by atoms with Crippen molar-refractivity contribution in [1.29, 1.82) is 0 Å². The van der Waals surface area contributed by atoms with Crippen molar-refractivity contribution in [3.05, 3.63) is 65.2 Å². The summed E-state index contributed by atoms with van der Waals surface area (Å²) in [5, 5.41) is 2.01. The van der Waals surface area contributed by atoms with Crippen LogP contribution in [-0.4, -0.2) is 11.5 Å². The average Bonchev–Trinajstić information content (AvgIpc) is 2.62. The first-order valence-corrected chi connectivity index (χ1v) is 9.00. The first-order chi connectivity index (χ1) is 11.8. The average molecular weight is 339 g/mol. The minimum absolute atomic E-state index is 0.750. The Morgan fingerprint density at radius 1 is 0.875 bits per heavy atom. The van der Waals surface area contributed by atoms with Crippen LogP contribution in [0.15, 0.2) is 54.6 Å². The number of halogens is 1. The number of hydrogen-bond acceptors (Lipinski definition) is 2. The number of hydrogen-bond donors (Lipinski definition) is 1. The fraction of sp³-hybridized carbons (Fsp3) is 0.286. The van der Waals surface area contributed by atoms with Crippen molar-refractivity contribution >= 4 is 22.5 Å². The molecular weight excluding hydrogens is 316 g/mol. The number of para-hydroxylation sites is 1. The third-order valence-corrected chi connectivity index (χ3v) is 4.59. The van der Waals surface area contributed by atoms with Crippen LogP contribution in [0.4, 0.5) is 0 Å². The van der Waals surface area contributed by atoms with E-state index in [1.165, 1.54) is 30.2 Å². The molecule has 0 saturated heterocycles. The molecule has 0 saturated carbocycles. The van der Waals surface area contributed by atoms with E-state index in [0.29, 0.717) is 0 Å². The van der Waals surface area contributed by atoms with Crippen LogP contribution >= 0.6 is 11.6 Å². The van der Waals surface area contributed by atoms with Gasteiger partial charge in [0.1, 0.15) is 0 Å². The highest BCUT2D eigenvalue weighted by molar-refractivity contribution is 6.30. The van der Waals surface area contributed by atoms with Crippen molar-refractivity contribution in [3.8, 4) is 11.3 Å². The molecule has 0 bridgehead atoms. The van der Waals surface area contributed by atoms with E-state index in [9.17, 15) is 0 Å². The van der Waals surface area contributed by atoms with Gasteiger partial charge in [0, 0.05) is 16.0 Å². The molecule has 2 aromatic carbocycles. The third-order valence-electron chi connectivity index (χ3n) is 4.34. The van der Waals surface area contributed by atoms with E-state index in [2.05, 4.69) is 24.3 Å². The largest absolute Gasteiger partial charge is 0.330 e. The van der Waals surface area contributed by atoms with Gasteiger partial charge in [-0.05, 0) is 55.6 Å². The number of aromatic nitrogens is 1. The standard InChI is InChI=1S/C21H23ClN2/c22-18-12-10-16(11-13-18)21-15-17(7-3-1-2-6-14-23)19-8-4-5-9-20(19)24-21/h4-5,8-13,15H,1-3,6-7,14,23H2. The Labute approximate surface area is 148 Å². The maximum absolute atomic E-state index is 6.01. The minimum Gasteiger partial charge on any atom is -0.330 e. The molecule has 0 aliphatic rings. The van der Waals surface area contributed by atoms with Crippen molar-refractivity contribution in [3.63, 3.8) is 0 Å². The second-order valence-electron chi connectivity index (χ2n) is 6.14. The quantitative estimate of drug-likeness (QED) is 0.568. The second-order valence-corrected chi connectivity index (χ2v) is 6.58. The van der Waals surface area contributed by atoms with E-state index in [1.807, 2.05) is 30.3 Å². The lowest BCUT2D eigenvalue weighted by molar-refractivity contribution is 0.648. The van der Waals surface area contributed by atoms with Crippen molar-refractivity contribution in [1.82, 2.24) is 4.98 Å². The van der Waals surface area contributed by atoms with Crippen LogP contribution < -0.4 is 5.73 Å². The zero-order valence-corrected chi connectivity index (χ0v) is 14.6. The van der Waals surface area contributed by atoms with Crippen LogP contribution in [0.2, 0.25) is 5.02 Å². The summed E-state index contributed by atoms with van der Waals surface area (Å²) >= 11 is 6.01. The molecule has 1 aromatic heterocycles. The first kappa shape index (κ1) is 16.9. The second kappa shape index (κ2) is 8.27. The summed E-state index contributed by atoms with van der Waals surface area (Å²) < 4.78 is 0. The zero-order chi connectivity index (χ0) is 16.8. The van der Waals surface area contributed by atoms with Gasteiger partial charge in [-0.3, -0.25) is 0 Å². The van der Waals surface area contributed by atoms with E-state index in [-0.39, 0.29) is 0 Å². The number of unbranched alkanes of at least 4 members (excludes halogenated alkanes) is 3. The van der Waals surface area contributed by atoms with Crippen LogP contribution in [0.1, 0.15) is 31.2 Å². The first-order valence-electron chi connectivity index (χ1n) is 8.62. The van der Waals surface area contributed by atoms with E-state index in [1.54, 1.807) is 0 Å². The highest BCUT2D eigenvalue weighted by Gasteiger charge is 2.07. The molecule has 0 aliphatic carbocycles. The summed E-state index contributed by atoms with van der Waals surface area (Å²) in [5.74, 6) is 0.